The minimum Gasteiger partial charge on any atom is -0.507 e. The van der Waals surface area contributed by atoms with Crippen LogP contribution in [0.4, 0.5) is 0 Å². The fourth-order valence-corrected chi connectivity index (χ4v) is 6.74. The summed E-state index contributed by atoms with van der Waals surface area (Å²) in [5, 5.41) is 89.4. The zero-order valence-corrected chi connectivity index (χ0v) is 27.6. The fraction of sp³-hybridized carbons (Fsp3) is 0.588. The van der Waals surface area contributed by atoms with Gasteiger partial charge in [0, 0.05) is 35.6 Å². The predicted molar refractivity (Wildman–Crippen MR) is 170 cm³/mol. The van der Waals surface area contributed by atoms with E-state index in [1.54, 1.807) is 13.8 Å². The molecule has 2 heterocycles. The first-order valence-electron chi connectivity index (χ1n) is 16.1. The number of benzene rings is 2. The van der Waals surface area contributed by atoms with Crippen molar-refractivity contribution >= 4 is 11.6 Å². The van der Waals surface area contributed by atoms with Gasteiger partial charge in [-0.1, -0.05) is 25.5 Å². The van der Waals surface area contributed by atoms with Gasteiger partial charge in [0.25, 0.3) is 0 Å². The fourth-order valence-electron chi connectivity index (χ4n) is 6.74. The summed E-state index contributed by atoms with van der Waals surface area (Å²) < 4.78 is 9.96. The molecule has 0 amide bonds. The molecule has 14 heteroatoms. The molecule has 2 fully saturated rings. The Kier molecular flexibility index (Phi) is 11.9. The van der Waals surface area contributed by atoms with E-state index >= 15 is 0 Å². The van der Waals surface area contributed by atoms with Gasteiger partial charge in [-0.2, -0.15) is 0 Å². The number of carbonyl (C=O) groups excluding carboxylic acids is 2. The number of aliphatic hydroxyl groups excluding tert-OH is 6. The zero-order valence-electron chi connectivity index (χ0n) is 27.6. The number of fused-ring (bicyclic) bond motifs is 3. The quantitative estimate of drug-likeness (QED) is 0.174. The van der Waals surface area contributed by atoms with Crippen LogP contribution in [0, 0.1) is 5.92 Å². The molecule has 2 aromatic rings. The molecule has 0 aromatic heterocycles. The number of aromatic hydroxyl groups is 3. The molecular weight excluding hydrogens is 630 g/mol. The first kappa shape index (κ1) is 37.6. The Morgan fingerprint density at radius 1 is 0.771 bits per heavy atom. The second-order valence-electron chi connectivity index (χ2n) is 13.0. The van der Waals surface area contributed by atoms with Crippen LogP contribution in [0.25, 0.3) is 0 Å². The molecule has 48 heavy (non-hydrogen) atoms. The van der Waals surface area contributed by atoms with E-state index in [2.05, 4.69) is 0 Å². The largest absolute Gasteiger partial charge is 0.507 e. The lowest BCUT2D eigenvalue weighted by Gasteiger charge is -2.39. The number of aliphatic hydroxyl groups is 6. The van der Waals surface area contributed by atoms with E-state index < -0.39 is 76.9 Å². The number of rotatable bonds is 2. The topological polar surface area (TPSA) is 238 Å². The Hall–Kier alpha value is -3.18. The van der Waals surface area contributed by atoms with Gasteiger partial charge in [0.15, 0.2) is 18.4 Å². The van der Waals surface area contributed by atoms with E-state index in [0.29, 0.717) is 25.7 Å². The molecular formula is C34H47NO13. The maximum absolute atomic E-state index is 12.9. The van der Waals surface area contributed by atoms with E-state index in [9.17, 15) is 45.3 Å². The Balaban J connectivity index is 0.000000203. The predicted octanol–water partition coefficient (Wildman–Crippen LogP) is 1.34. The third-order valence-corrected chi connectivity index (χ3v) is 9.59. The van der Waals surface area contributed by atoms with E-state index in [1.165, 1.54) is 18.2 Å². The Bertz CT molecular complexity index is 1500. The lowest BCUT2D eigenvalue weighted by Crippen LogP contribution is -2.52. The number of phenols is 3. The Morgan fingerprint density at radius 3 is 1.96 bits per heavy atom. The van der Waals surface area contributed by atoms with Gasteiger partial charge in [0.2, 0.25) is 5.78 Å². The number of hydrogen-bond donors (Lipinski definition) is 9. The van der Waals surface area contributed by atoms with Crippen LogP contribution < -0.4 is 0 Å². The van der Waals surface area contributed by atoms with Crippen molar-refractivity contribution in [3.63, 3.8) is 0 Å². The van der Waals surface area contributed by atoms with Crippen LogP contribution in [0.15, 0.2) is 18.2 Å². The summed E-state index contributed by atoms with van der Waals surface area (Å²) in [4.78, 5) is 27.7. The summed E-state index contributed by atoms with van der Waals surface area (Å²) in [6, 6.07) is 3.97. The standard InChI is InChI=1S/C20H18O7.C8H17NO3.C6H12O3/c1-2-7-6-10(22)12-13(16(7)23)20(27)14-15(19(12)26)18(25)11-8(17(14)24)4-3-5-9(11)21;1-5-8(11)6(9(2)3)4-7(10)12-5;1-4-5(7)2-3-6(8)9-4/h3-5,7,10,16,21-23,26-27H,2,6H2,1H3;5-8,10-11H,4H2,1-3H3;4-8H,2-3H2,1H3. The van der Waals surface area contributed by atoms with Crippen LogP contribution in [0.5, 0.6) is 17.2 Å². The summed E-state index contributed by atoms with van der Waals surface area (Å²) in [6.45, 7) is 5.34. The highest BCUT2D eigenvalue weighted by Crippen LogP contribution is 2.53. The van der Waals surface area contributed by atoms with Crippen molar-refractivity contribution in [2.24, 2.45) is 5.92 Å². The van der Waals surface area contributed by atoms with Crippen molar-refractivity contribution < 1.29 is 65.0 Å². The molecule has 2 aliphatic carbocycles. The lowest BCUT2D eigenvalue weighted by molar-refractivity contribution is -0.212. The van der Waals surface area contributed by atoms with Crippen LogP contribution in [-0.2, 0) is 9.47 Å². The number of ketones is 2. The molecule has 0 spiro atoms. The molecule has 2 saturated heterocycles. The Morgan fingerprint density at radius 2 is 1.38 bits per heavy atom. The number of ether oxygens (including phenoxy) is 2. The van der Waals surface area contributed by atoms with Crippen LogP contribution in [-0.4, -0.2) is 120 Å². The summed E-state index contributed by atoms with van der Waals surface area (Å²) in [6.07, 6.45) is -2.91. The van der Waals surface area contributed by atoms with Gasteiger partial charge in [-0.05, 0) is 52.8 Å². The van der Waals surface area contributed by atoms with Crippen molar-refractivity contribution in [1.29, 1.82) is 0 Å². The van der Waals surface area contributed by atoms with Crippen molar-refractivity contribution in [2.45, 2.75) is 108 Å². The van der Waals surface area contributed by atoms with Crippen molar-refractivity contribution in [2.75, 3.05) is 14.1 Å². The maximum atomic E-state index is 12.9. The van der Waals surface area contributed by atoms with Gasteiger partial charge >= 0.3 is 0 Å². The minimum absolute atomic E-state index is 0.0104. The van der Waals surface area contributed by atoms with Crippen molar-refractivity contribution in [3.05, 3.63) is 51.6 Å². The summed E-state index contributed by atoms with van der Waals surface area (Å²) in [7, 11) is 3.78. The highest BCUT2D eigenvalue weighted by molar-refractivity contribution is 6.31. The monoisotopic (exact) mass is 677 g/mol. The van der Waals surface area contributed by atoms with E-state index in [4.69, 9.17) is 19.7 Å². The van der Waals surface area contributed by atoms with Gasteiger partial charge in [-0.3, -0.25) is 9.59 Å². The van der Waals surface area contributed by atoms with Crippen LogP contribution >= 0.6 is 0 Å². The first-order valence-corrected chi connectivity index (χ1v) is 16.1. The van der Waals surface area contributed by atoms with E-state index in [-0.39, 0.29) is 52.8 Å². The van der Waals surface area contributed by atoms with Gasteiger partial charge < -0.3 is 60.3 Å². The number of carbonyl (C=O) groups is 2. The normalized spacial score (nSPS) is 32.6. The van der Waals surface area contributed by atoms with Gasteiger partial charge in [0.05, 0.1) is 53.3 Å². The maximum Gasteiger partial charge on any atom is 0.202 e. The molecule has 9 N–H and O–H groups in total. The van der Waals surface area contributed by atoms with Crippen molar-refractivity contribution in [1.82, 2.24) is 4.90 Å². The second-order valence-corrected chi connectivity index (χ2v) is 13.0. The molecule has 14 nitrogen and oxygen atoms in total. The Labute approximate surface area is 278 Å². The summed E-state index contributed by atoms with van der Waals surface area (Å²) in [5.74, 6) is -3.62. The van der Waals surface area contributed by atoms with Crippen LogP contribution in [0.1, 0.15) is 108 Å². The molecule has 6 rings (SSSR count). The molecule has 2 aliphatic heterocycles. The zero-order chi connectivity index (χ0) is 35.8. The highest BCUT2D eigenvalue weighted by atomic mass is 16.6. The molecule has 0 radical (unpaired) electrons. The minimum atomic E-state index is -1.21. The molecule has 10 atom stereocenters. The number of nitrogens with zero attached hydrogens (tertiary/aromatic N) is 1. The number of hydrogen-bond acceptors (Lipinski definition) is 14. The van der Waals surface area contributed by atoms with Gasteiger partial charge in [0.1, 0.15) is 17.2 Å². The lowest BCUT2D eigenvalue weighted by atomic mass is 9.73. The van der Waals surface area contributed by atoms with E-state index in [1.807, 2.05) is 25.9 Å². The second kappa shape index (κ2) is 15.2. The highest BCUT2D eigenvalue weighted by Gasteiger charge is 2.44. The SMILES string of the molecule is CC1OC(O)CC(N(C)C)C1O.CC1OC(O)CCC1O.CCC1CC(O)c2c(O)c3c(c(O)c2C1O)C(=O)c1cccc(O)c1C3=O. The third-order valence-electron chi connectivity index (χ3n) is 9.59. The van der Waals surface area contributed by atoms with Gasteiger partial charge in [-0.15, -0.1) is 0 Å². The smallest absolute Gasteiger partial charge is 0.202 e. The average molecular weight is 678 g/mol. The molecule has 10 unspecified atom stereocenters. The first-order chi connectivity index (χ1) is 22.5. The molecule has 4 aliphatic rings. The van der Waals surface area contributed by atoms with Crippen molar-refractivity contribution in [3.8, 4) is 17.2 Å². The van der Waals surface area contributed by atoms with Crippen LogP contribution in [0.3, 0.4) is 0 Å². The van der Waals surface area contributed by atoms with E-state index in [0.717, 1.165) is 0 Å². The number of likely N-dealkylation sites (N-methyl/N-ethyl adjacent to an activating group) is 1. The summed E-state index contributed by atoms with van der Waals surface area (Å²) >= 11 is 0. The average Bonchev–Trinajstić information content (AvgIpc) is 3.02. The number of phenolic OH excluding ortho intramolecular Hbond substituents is 3. The molecule has 2 aromatic carbocycles. The molecule has 0 saturated carbocycles. The van der Waals surface area contributed by atoms with Gasteiger partial charge in [-0.25, -0.2) is 0 Å². The molecule has 266 valence electrons. The van der Waals surface area contributed by atoms with Crippen LogP contribution in [0.2, 0.25) is 0 Å². The molecule has 0 bridgehead atoms. The summed E-state index contributed by atoms with van der Waals surface area (Å²) in [5.41, 5.74) is -1.52. The third kappa shape index (κ3) is 7.22.